The van der Waals surface area contributed by atoms with E-state index in [1.165, 1.54) is 6.07 Å². The average molecular weight is 420 g/mol. The van der Waals surface area contributed by atoms with E-state index in [0.29, 0.717) is 16.8 Å². The van der Waals surface area contributed by atoms with Crippen LogP contribution in [0.1, 0.15) is 23.2 Å². The molecule has 31 heavy (non-hydrogen) atoms. The highest BCUT2D eigenvalue weighted by atomic mass is 19.1. The molecule has 4 heterocycles. The SMILES string of the molecule is O=C(c1ccc(F)c(-c2cc(-c3ccc(N4CCNCC4)[nH]3)ccn2)c1)N1CCCC1. The van der Waals surface area contributed by atoms with Crippen LogP contribution < -0.4 is 10.2 Å². The third-order valence-electron chi connectivity index (χ3n) is 6.08. The van der Waals surface area contributed by atoms with Gasteiger partial charge in [-0.3, -0.25) is 9.78 Å². The summed E-state index contributed by atoms with van der Waals surface area (Å²) in [4.78, 5) is 24.8. The molecule has 3 aromatic rings. The van der Waals surface area contributed by atoms with Gasteiger partial charge in [0.1, 0.15) is 11.6 Å². The van der Waals surface area contributed by atoms with Crippen LogP contribution in [-0.2, 0) is 0 Å². The Kier molecular flexibility index (Phi) is 5.42. The van der Waals surface area contributed by atoms with Crippen LogP contribution in [0.2, 0.25) is 0 Å². The maximum Gasteiger partial charge on any atom is 0.253 e. The number of nitrogens with one attached hydrogen (secondary N) is 2. The normalized spacial score (nSPS) is 16.7. The molecule has 1 aromatic carbocycles. The van der Waals surface area contributed by atoms with Crippen molar-refractivity contribution in [3.05, 3.63) is 60.0 Å². The number of likely N-dealkylation sites (tertiary alicyclic amines) is 1. The van der Waals surface area contributed by atoms with Crippen molar-refractivity contribution in [1.82, 2.24) is 20.2 Å². The molecule has 1 amide bonds. The highest BCUT2D eigenvalue weighted by Crippen LogP contribution is 2.29. The van der Waals surface area contributed by atoms with E-state index in [-0.39, 0.29) is 11.7 Å². The summed E-state index contributed by atoms with van der Waals surface area (Å²) in [7, 11) is 0. The van der Waals surface area contributed by atoms with Crippen molar-refractivity contribution in [2.45, 2.75) is 12.8 Å². The van der Waals surface area contributed by atoms with Crippen LogP contribution in [0.4, 0.5) is 10.2 Å². The number of aromatic amines is 1. The number of carbonyl (C=O) groups excluding carboxylic acids is 1. The van der Waals surface area contributed by atoms with Crippen molar-refractivity contribution >= 4 is 11.7 Å². The van der Waals surface area contributed by atoms with Crippen molar-refractivity contribution in [2.75, 3.05) is 44.2 Å². The lowest BCUT2D eigenvalue weighted by Crippen LogP contribution is -2.43. The fourth-order valence-corrected chi connectivity index (χ4v) is 4.34. The molecular weight excluding hydrogens is 393 g/mol. The average Bonchev–Trinajstić information content (AvgIpc) is 3.52. The predicted molar refractivity (Wildman–Crippen MR) is 120 cm³/mol. The summed E-state index contributed by atoms with van der Waals surface area (Å²) in [6.45, 7) is 5.40. The number of hydrogen-bond acceptors (Lipinski definition) is 4. The maximum absolute atomic E-state index is 14.7. The zero-order valence-corrected chi connectivity index (χ0v) is 17.4. The number of pyridine rings is 1. The summed E-state index contributed by atoms with van der Waals surface area (Å²) >= 11 is 0. The highest BCUT2D eigenvalue weighted by Gasteiger charge is 2.21. The van der Waals surface area contributed by atoms with Gasteiger partial charge in [0.2, 0.25) is 0 Å². The van der Waals surface area contributed by atoms with E-state index in [2.05, 4.69) is 26.3 Å². The lowest BCUT2D eigenvalue weighted by Gasteiger charge is -2.28. The first-order valence-electron chi connectivity index (χ1n) is 10.9. The molecule has 2 saturated heterocycles. The number of nitrogens with zero attached hydrogens (tertiary/aromatic N) is 3. The third kappa shape index (κ3) is 4.05. The molecular formula is C24H26FN5O. The van der Waals surface area contributed by atoms with Crippen LogP contribution in [-0.4, -0.2) is 60.0 Å². The van der Waals surface area contributed by atoms with Gasteiger partial charge in [-0.1, -0.05) is 0 Å². The molecule has 5 rings (SSSR count). The van der Waals surface area contributed by atoms with Crippen molar-refractivity contribution in [1.29, 1.82) is 0 Å². The molecule has 160 valence electrons. The van der Waals surface area contributed by atoms with Gasteiger partial charge in [0.15, 0.2) is 0 Å². The Morgan fingerprint density at radius 2 is 1.77 bits per heavy atom. The summed E-state index contributed by atoms with van der Waals surface area (Å²) in [6.07, 6.45) is 3.73. The molecule has 0 aliphatic carbocycles. The van der Waals surface area contributed by atoms with E-state index in [4.69, 9.17) is 0 Å². The molecule has 2 fully saturated rings. The number of halogens is 1. The maximum atomic E-state index is 14.7. The van der Waals surface area contributed by atoms with Gasteiger partial charge in [-0.2, -0.15) is 0 Å². The van der Waals surface area contributed by atoms with Gasteiger partial charge in [0.25, 0.3) is 5.91 Å². The Labute approximate surface area is 181 Å². The lowest BCUT2D eigenvalue weighted by molar-refractivity contribution is 0.0793. The molecule has 7 heteroatoms. The van der Waals surface area contributed by atoms with E-state index >= 15 is 0 Å². The van der Waals surface area contributed by atoms with E-state index in [1.807, 2.05) is 23.1 Å². The second-order valence-corrected chi connectivity index (χ2v) is 8.12. The quantitative estimate of drug-likeness (QED) is 0.679. The first-order valence-corrected chi connectivity index (χ1v) is 10.9. The van der Waals surface area contributed by atoms with Crippen LogP contribution in [0.25, 0.3) is 22.5 Å². The summed E-state index contributed by atoms with van der Waals surface area (Å²) in [5.74, 6) is 0.662. The Balaban J connectivity index is 1.43. The number of amides is 1. The van der Waals surface area contributed by atoms with E-state index in [1.54, 1.807) is 18.3 Å². The second-order valence-electron chi connectivity index (χ2n) is 8.12. The first kappa shape index (κ1) is 19.8. The lowest BCUT2D eigenvalue weighted by atomic mass is 10.0. The Morgan fingerprint density at radius 3 is 2.58 bits per heavy atom. The van der Waals surface area contributed by atoms with Crippen LogP contribution in [0.15, 0.2) is 48.7 Å². The Morgan fingerprint density at radius 1 is 0.968 bits per heavy atom. The van der Waals surface area contributed by atoms with Gasteiger partial charge in [0.05, 0.1) is 5.69 Å². The van der Waals surface area contributed by atoms with Crippen molar-refractivity contribution in [2.24, 2.45) is 0 Å². The largest absolute Gasteiger partial charge is 0.356 e. The molecule has 0 atom stereocenters. The van der Waals surface area contributed by atoms with Gasteiger partial charge in [-0.25, -0.2) is 4.39 Å². The van der Waals surface area contributed by atoms with Gasteiger partial charge in [0, 0.05) is 67.8 Å². The van der Waals surface area contributed by atoms with E-state index in [0.717, 1.165) is 69.2 Å². The van der Waals surface area contributed by atoms with Gasteiger partial charge in [-0.15, -0.1) is 0 Å². The molecule has 0 saturated carbocycles. The number of hydrogen-bond donors (Lipinski definition) is 2. The van der Waals surface area contributed by atoms with Crippen LogP contribution in [0.3, 0.4) is 0 Å². The Bertz CT molecular complexity index is 1080. The van der Waals surface area contributed by atoms with Crippen LogP contribution in [0, 0.1) is 5.82 Å². The fraction of sp³-hybridized carbons (Fsp3) is 0.333. The summed E-state index contributed by atoms with van der Waals surface area (Å²) in [6, 6.07) is 12.5. The number of H-pyrrole nitrogens is 1. The van der Waals surface area contributed by atoms with Gasteiger partial charge >= 0.3 is 0 Å². The Hall–Kier alpha value is -3.19. The standard InChI is InChI=1S/C24H26FN5O/c25-20-4-3-18(24(31)30-11-1-2-12-30)15-19(20)22-16-17(7-8-27-22)21-5-6-23(28-21)29-13-9-26-10-14-29/h3-8,15-16,26,28H,1-2,9-14H2. The van der Waals surface area contributed by atoms with Gasteiger partial charge in [-0.05, 0) is 55.3 Å². The van der Waals surface area contributed by atoms with Crippen LogP contribution in [0.5, 0.6) is 0 Å². The summed E-state index contributed by atoms with van der Waals surface area (Å²) < 4.78 is 14.7. The van der Waals surface area contributed by atoms with Crippen LogP contribution >= 0.6 is 0 Å². The molecule has 0 unspecified atom stereocenters. The number of rotatable bonds is 4. The topological polar surface area (TPSA) is 64.3 Å². The number of aromatic nitrogens is 2. The molecule has 2 aromatic heterocycles. The number of anilines is 1. The predicted octanol–water partition coefficient (Wildman–Crippen LogP) is 3.53. The smallest absolute Gasteiger partial charge is 0.253 e. The fourth-order valence-electron chi connectivity index (χ4n) is 4.34. The molecule has 0 radical (unpaired) electrons. The minimum absolute atomic E-state index is 0.0417. The minimum atomic E-state index is -0.379. The molecule has 2 aliphatic rings. The highest BCUT2D eigenvalue weighted by molar-refractivity contribution is 5.95. The second kappa shape index (κ2) is 8.51. The van der Waals surface area contributed by atoms with E-state index in [9.17, 15) is 9.18 Å². The minimum Gasteiger partial charge on any atom is -0.356 e. The third-order valence-corrected chi connectivity index (χ3v) is 6.08. The summed E-state index contributed by atoms with van der Waals surface area (Å²) in [5, 5.41) is 3.36. The van der Waals surface area contributed by atoms with Crippen molar-refractivity contribution in [3.8, 4) is 22.5 Å². The molecule has 0 spiro atoms. The zero-order valence-electron chi connectivity index (χ0n) is 17.4. The van der Waals surface area contributed by atoms with Crippen molar-refractivity contribution in [3.63, 3.8) is 0 Å². The molecule has 0 bridgehead atoms. The van der Waals surface area contributed by atoms with Crippen molar-refractivity contribution < 1.29 is 9.18 Å². The molecule has 2 N–H and O–H groups in total. The van der Waals surface area contributed by atoms with Gasteiger partial charge < -0.3 is 20.1 Å². The molecule has 2 aliphatic heterocycles. The summed E-state index contributed by atoms with van der Waals surface area (Å²) in [5.41, 5.74) is 3.26. The zero-order chi connectivity index (χ0) is 21.2. The van der Waals surface area contributed by atoms with E-state index < -0.39 is 0 Å². The number of benzene rings is 1. The molecule has 6 nitrogen and oxygen atoms in total. The number of carbonyl (C=O) groups is 1. The monoisotopic (exact) mass is 419 g/mol. The number of piperazine rings is 1. The first-order chi connectivity index (χ1) is 15.2.